The second kappa shape index (κ2) is 6.07. The molecule has 1 heterocycles. The summed E-state index contributed by atoms with van der Waals surface area (Å²) >= 11 is 0. The highest BCUT2D eigenvalue weighted by molar-refractivity contribution is 7.96. The van der Waals surface area contributed by atoms with Crippen molar-refractivity contribution in [3.8, 4) is 0 Å². The number of hydrogen-bond donors (Lipinski definition) is 0. The van der Waals surface area contributed by atoms with E-state index in [0.717, 1.165) is 12.8 Å². The van der Waals surface area contributed by atoms with Gasteiger partial charge in [-0.25, -0.2) is 0 Å². The standard InChI is InChI=1S/C8H15O2S.HI/c1-7(9)10-8-3-5-11(2)6-4-8;/h8H,3-6H2,1-2H3;1H/q+1;/p-1. The Morgan fingerprint density at radius 3 is 2.33 bits per heavy atom. The van der Waals surface area contributed by atoms with Crippen molar-refractivity contribution in [1.29, 1.82) is 0 Å². The molecule has 72 valence electrons. The highest BCUT2D eigenvalue weighted by atomic mass is 127. The monoisotopic (exact) mass is 302 g/mol. The van der Waals surface area contributed by atoms with Gasteiger partial charge in [0.25, 0.3) is 0 Å². The molecule has 1 aliphatic heterocycles. The van der Waals surface area contributed by atoms with Crippen LogP contribution in [0.4, 0.5) is 0 Å². The number of carbonyl (C=O) groups is 1. The summed E-state index contributed by atoms with van der Waals surface area (Å²) < 4.78 is 5.11. The molecule has 0 spiro atoms. The molecule has 12 heavy (non-hydrogen) atoms. The van der Waals surface area contributed by atoms with Gasteiger partial charge in [-0.15, -0.1) is 0 Å². The Bertz CT molecular complexity index is 144. The molecule has 1 rings (SSSR count). The largest absolute Gasteiger partial charge is 1.00 e. The van der Waals surface area contributed by atoms with Crippen molar-refractivity contribution < 1.29 is 33.5 Å². The quantitative estimate of drug-likeness (QED) is 0.317. The molecule has 2 nitrogen and oxygen atoms in total. The molecule has 0 saturated carbocycles. The Morgan fingerprint density at radius 2 is 1.92 bits per heavy atom. The minimum Gasteiger partial charge on any atom is -1.00 e. The van der Waals surface area contributed by atoms with E-state index < -0.39 is 0 Å². The van der Waals surface area contributed by atoms with Crippen LogP contribution in [-0.4, -0.2) is 29.8 Å². The van der Waals surface area contributed by atoms with Crippen molar-refractivity contribution in [3.05, 3.63) is 0 Å². The molecule has 0 amide bonds. The number of carbonyl (C=O) groups excluding carboxylic acids is 1. The Morgan fingerprint density at radius 1 is 1.42 bits per heavy atom. The van der Waals surface area contributed by atoms with Gasteiger partial charge in [0, 0.05) is 19.8 Å². The molecule has 4 heteroatoms. The van der Waals surface area contributed by atoms with E-state index in [0.29, 0.717) is 10.9 Å². The molecular weight excluding hydrogens is 287 g/mol. The topological polar surface area (TPSA) is 26.3 Å². The number of halogens is 1. The summed E-state index contributed by atoms with van der Waals surface area (Å²) in [6.07, 6.45) is 4.64. The third-order valence-corrected chi connectivity index (χ3v) is 3.77. The van der Waals surface area contributed by atoms with Gasteiger partial charge in [-0.05, 0) is 10.9 Å². The SMILES string of the molecule is CC(=O)OC1CC[S+](C)CC1.[I-]. The molecule has 0 aromatic carbocycles. The van der Waals surface area contributed by atoms with Crippen molar-refractivity contribution in [2.45, 2.75) is 25.9 Å². The Balaban J connectivity index is 0.00000121. The second-order valence-corrected chi connectivity index (χ2v) is 5.38. The van der Waals surface area contributed by atoms with Gasteiger partial charge in [-0.1, -0.05) is 0 Å². The molecule has 0 aromatic heterocycles. The van der Waals surface area contributed by atoms with Gasteiger partial charge < -0.3 is 28.7 Å². The second-order valence-electron chi connectivity index (χ2n) is 3.00. The number of esters is 1. The van der Waals surface area contributed by atoms with Gasteiger partial charge in [0.1, 0.15) is 17.6 Å². The number of ether oxygens (including phenoxy) is 1. The van der Waals surface area contributed by atoms with Crippen LogP contribution in [0.15, 0.2) is 0 Å². The van der Waals surface area contributed by atoms with Gasteiger partial charge in [-0.2, -0.15) is 0 Å². The van der Waals surface area contributed by atoms with E-state index in [1.807, 2.05) is 0 Å². The summed E-state index contributed by atoms with van der Waals surface area (Å²) in [4.78, 5) is 10.6. The van der Waals surface area contributed by atoms with Gasteiger partial charge in [0.2, 0.25) is 0 Å². The first-order valence-corrected chi connectivity index (χ1v) is 5.92. The molecule has 0 atom stereocenters. The highest BCUT2D eigenvalue weighted by Gasteiger charge is 2.25. The molecule has 0 bridgehead atoms. The molecule has 0 N–H and O–H groups in total. The molecule has 1 fully saturated rings. The van der Waals surface area contributed by atoms with Crippen LogP contribution >= 0.6 is 0 Å². The molecule has 0 aliphatic carbocycles. The Hall–Kier alpha value is 0.550. The van der Waals surface area contributed by atoms with Crippen molar-refractivity contribution in [2.75, 3.05) is 17.8 Å². The fourth-order valence-corrected chi connectivity index (χ4v) is 2.80. The fourth-order valence-electron chi connectivity index (χ4n) is 1.26. The zero-order valence-corrected chi connectivity index (χ0v) is 10.5. The maximum absolute atomic E-state index is 10.6. The third kappa shape index (κ3) is 4.54. The van der Waals surface area contributed by atoms with E-state index in [9.17, 15) is 4.79 Å². The van der Waals surface area contributed by atoms with E-state index in [2.05, 4.69) is 6.26 Å². The van der Waals surface area contributed by atoms with Gasteiger partial charge >= 0.3 is 5.97 Å². The average molecular weight is 302 g/mol. The van der Waals surface area contributed by atoms with Crippen LogP contribution in [0.2, 0.25) is 0 Å². The number of rotatable bonds is 1. The maximum atomic E-state index is 10.6. The lowest BCUT2D eigenvalue weighted by Crippen LogP contribution is -3.00. The molecule has 0 aromatic rings. The molecule has 1 saturated heterocycles. The van der Waals surface area contributed by atoms with Crippen LogP contribution in [0.1, 0.15) is 19.8 Å². The van der Waals surface area contributed by atoms with Crippen molar-refractivity contribution >= 4 is 16.9 Å². The van der Waals surface area contributed by atoms with Crippen LogP contribution in [-0.2, 0) is 20.4 Å². The van der Waals surface area contributed by atoms with Gasteiger partial charge in [-0.3, -0.25) is 4.79 Å². The third-order valence-electron chi connectivity index (χ3n) is 1.91. The zero-order chi connectivity index (χ0) is 8.27. The summed E-state index contributed by atoms with van der Waals surface area (Å²) in [5, 5.41) is 0. The minimum absolute atomic E-state index is 0. The zero-order valence-electron chi connectivity index (χ0n) is 7.51. The van der Waals surface area contributed by atoms with Crippen molar-refractivity contribution in [3.63, 3.8) is 0 Å². The van der Waals surface area contributed by atoms with Crippen molar-refractivity contribution in [2.24, 2.45) is 0 Å². The summed E-state index contributed by atoms with van der Waals surface area (Å²) in [7, 11) is 0.583. The summed E-state index contributed by atoms with van der Waals surface area (Å²) in [6.45, 7) is 1.49. The Kier molecular flexibility index (Phi) is 6.35. The minimum atomic E-state index is -0.132. The first kappa shape index (κ1) is 12.6. The predicted octanol–water partition coefficient (Wildman–Crippen LogP) is -2.04. The van der Waals surface area contributed by atoms with Crippen LogP contribution < -0.4 is 24.0 Å². The van der Waals surface area contributed by atoms with E-state index in [1.165, 1.54) is 18.4 Å². The molecule has 0 radical (unpaired) electrons. The number of hydrogen-bond acceptors (Lipinski definition) is 2. The van der Waals surface area contributed by atoms with E-state index in [-0.39, 0.29) is 36.0 Å². The predicted molar refractivity (Wildman–Crippen MR) is 47.8 cm³/mol. The molecule has 0 unspecified atom stereocenters. The molecular formula is C8H15IO2S. The fraction of sp³-hybridized carbons (Fsp3) is 0.875. The van der Waals surface area contributed by atoms with Gasteiger partial charge in [0.05, 0.1) is 6.26 Å². The van der Waals surface area contributed by atoms with Crippen LogP contribution in [0, 0.1) is 0 Å². The van der Waals surface area contributed by atoms with E-state index >= 15 is 0 Å². The van der Waals surface area contributed by atoms with E-state index in [4.69, 9.17) is 4.74 Å². The van der Waals surface area contributed by atoms with Crippen molar-refractivity contribution in [1.82, 2.24) is 0 Å². The summed E-state index contributed by atoms with van der Waals surface area (Å²) in [6, 6.07) is 0. The lowest BCUT2D eigenvalue weighted by atomic mass is 10.2. The van der Waals surface area contributed by atoms with Crippen LogP contribution in [0.5, 0.6) is 0 Å². The lowest BCUT2D eigenvalue weighted by molar-refractivity contribution is -0.146. The summed E-state index contributed by atoms with van der Waals surface area (Å²) in [5.41, 5.74) is 0. The lowest BCUT2D eigenvalue weighted by Gasteiger charge is -2.20. The normalized spacial score (nSPS) is 28.8. The van der Waals surface area contributed by atoms with E-state index in [1.54, 1.807) is 0 Å². The average Bonchev–Trinajstić information content (AvgIpc) is 1.93. The Labute approximate surface area is 93.8 Å². The maximum Gasteiger partial charge on any atom is 0.302 e. The van der Waals surface area contributed by atoms with Crippen LogP contribution in [0.3, 0.4) is 0 Å². The smallest absolute Gasteiger partial charge is 0.302 e. The first-order valence-electron chi connectivity index (χ1n) is 3.95. The van der Waals surface area contributed by atoms with Gasteiger partial charge in [0.15, 0.2) is 0 Å². The summed E-state index contributed by atoms with van der Waals surface area (Å²) in [5.74, 6) is 2.34. The highest BCUT2D eigenvalue weighted by Crippen LogP contribution is 2.15. The molecule has 1 aliphatic rings. The first-order chi connectivity index (χ1) is 5.18. The van der Waals surface area contributed by atoms with Crippen LogP contribution in [0.25, 0.3) is 0 Å².